The van der Waals surface area contributed by atoms with Crippen molar-refractivity contribution in [3.05, 3.63) is 34.6 Å². The van der Waals surface area contributed by atoms with E-state index < -0.39 is 5.82 Å². The van der Waals surface area contributed by atoms with Gasteiger partial charge in [0, 0.05) is 37.8 Å². The molecule has 2 amide bonds. The highest BCUT2D eigenvalue weighted by Gasteiger charge is 2.31. The van der Waals surface area contributed by atoms with Crippen molar-refractivity contribution in [2.24, 2.45) is 0 Å². The lowest BCUT2D eigenvalue weighted by Crippen LogP contribution is -2.54. The third-order valence-electron chi connectivity index (χ3n) is 4.05. The Morgan fingerprint density at radius 1 is 1.22 bits per heavy atom. The van der Waals surface area contributed by atoms with Crippen LogP contribution in [0.15, 0.2) is 18.2 Å². The number of carbonyl (C=O) groups is 2. The molecule has 1 atom stereocenters. The highest BCUT2D eigenvalue weighted by molar-refractivity contribution is 7.99. The lowest BCUT2D eigenvalue weighted by atomic mass is 10.1. The van der Waals surface area contributed by atoms with Crippen molar-refractivity contribution in [2.45, 2.75) is 6.04 Å². The maximum absolute atomic E-state index is 13.1. The molecule has 23 heavy (non-hydrogen) atoms. The van der Waals surface area contributed by atoms with Gasteiger partial charge >= 0.3 is 0 Å². The van der Waals surface area contributed by atoms with Crippen LogP contribution in [-0.2, 0) is 4.79 Å². The third-order valence-corrected chi connectivity index (χ3v) is 5.31. The van der Waals surface area contributed by atoms with Gasteiger partial charge in [-0.1, -0.05) is 11.6 Å². The molecule has 124 valence electrons. The van der Waals surface area contributed by atoms with E-state index in [4.69, 9.17) is 11.6 Å². The molecule has 0 aliphatic carbocycles. The highest BCUT2D eigenvalue weighted by atomic mass is 35.5. The van der Waals surface area contributed by atoms with Crippen molar-refractivity contribution >= 4 is 35.2 Å². The van der Waals surface area contributed by atoms with Gasteiger partial charge in [0.15, 0.2) is 0 Å². The molecule has 0 radical (unpaired) electrons. The van der Waals surface area contributed by atoms with E-state index >= 15 is 0 Å². The number of nitrogens with one attached hydrogen (secondary N) is 1. The van der Waals surface area contributed by atoms with Crippen molar-refractivity contribution in [1.82, 2.24) is 15.1 Å². The van der Waals surface area contributed by atoms with E-state index in [9.17, 15) is 14.0 Å². The Morgan fingerprint density at radius 3 is 2.52 bits per heavy atom. The molecular formula is C15H17ClFN3O2S. The molecule has 1 unspecified atom stereocenters. The fourth-order valence-electron chi connectivity index (χ4n) is 2.74. The Bertz CT molecular complexity index is 617. The monoisotopic (exact) mass is 357 g/mol. The number of hydrogen-bond acceptors (Lipinski definition) is 4. The van der Waals surface area contributed by atoms with Crippen LogP contribution in [0, 0.1) is 5.82 Å². The number of rotatable bonds is 2. The van der Waals surface area contributed by atoms with Gasteiger partial charge in [0.1, 0.15) is 5.82 Å². The van der Waals surface area contributed by atoms with Crippen LogP contribution in [0.5, 0.6) is 0 Å². The Kier molecular flexibility index (Phi) is 5.08. The number of piperazine rings is 1. The first kappa shape index (κ1) is 16.5. The second kappa shape index (κ2) is 7.07. The summed E-state index contributed by atoms with van der Waals surface area (Å²) in [7, 11) is 0. The topological polar surface area (TPSA) is 52.7 Å². The average Bonchev–Trinajstić information content (AvgIpc) is 3.08. The predicted octanol–water partition coefficient (Wildman–Crippen LogP) is 1.43. The molecular weight excluding hydrogens is 341 g/mol. The fourth-order valence-corrected chi connectivity index (χ4v) is 3.92. The summed E-state index contributed by atoms with van der Waals surface area (Å²) < 4.78 is 13.1. The van der Waals surface area contributed by atoms with Gasteiger partial charge in [-0.2, -0.15) is 0 Å². The van der Waals surface area contributed by atoms with Crippen LogP contribution in [0.4, 0.5) is 4.39 Å². The Balaban J connectivity index is 1.60. The van der Waals surface area contributed by atoms with E-state index in [1.165, 1.54) is 12.1 Å². The largest absolute Gasteiger partial charge is 0.338 e. The van der Waals surface area contributed by atoms with Gasteiger partial charge in [0.05, 0.1) is 16.6 Å². The summed E-state index contributed by atoms with van der Waals surface area (Å²) in [6, 6.07) is 3.64. The van der Waals surface area contributed by atoms with Crippen LogP contribution in [0.1, 0.15) is 10.4 Å². The number of carbonyl (C=O) groups excluding carboxylic acids is 2. The van der Waals surface area contributed by atoms with Gasteiger partial charge in [-0.15, -0.1) is 11.8 Å². The molecule has 0 bridgehead atoms. The first-order chi connectivity index (χ1) is 11.1. The predicted molar refractivity (Wildman–Crippen MR) is 88.1 cm³/mol. The smallest absolute Gasteiger partial charge is 0.255 e. The summed E-state index contributed by atoms with van der Waals surface area (Å²) in [5, 5.41) is 3.28. The lowest BCUT2D eigenvalue weighted by molar-refractivity contribution is -0.134. The minimum Gasteiger partial charge on any atom is -0.338 e. The SMILES string of the molecule is O=C(c1ccc(F)cc1Cl)N1CCN(C(=O)C2CSCN2)CC1. The number of thioether (sulfide) groups is 1. The first-order valence-corrected chi connectivity index (χ1v) is 8.94. The molecule has 2 aliphatic heterocycles. The van der Waals surface area contributed by atoms with Crippen molar-refractivity contribution in [3.63, 3.8) is 0 Å². The van der Waals surface area contributed by atoms with E-state index in [1.54, 1.807) is 21.6 Å². The lowest BCUT2D eigenvalue weighted by Gasteiger charge is -2.36. The van der Waals surface area contributed by atoms with E-state index in [0.717, 1.165) is 17.7 Å². The standard InChI is InChI=1S/C15H17ClFN3O2S/c16-12-7-10(17)1-2-11(12)14(21)19-3-5-20(6-4-19)15(22)13-8-23-9-18-13/h1-2,7,13,18H,3-6,8-9H2. The van der Waals surface area contributed by atoms with Crippen molar-refractivity contribution in [3.8, 4) is 0 Å². The normalized spacial score (nSPS) is 21.6. The number of nitrogens with zero attached hydrogens (tertiary/aromatic N) is 2. The quantitative estimate of drug-likeness (QED) is 0.870. The van der Waals surface area contributed by atoms with Crippen molar-refractivity contribution in [1.29, 1.82) is 0 Å². The average molecular weight is 358 g/mol. The van der Waals surface area contributed by atoms with Crippen LogP contribution in [-0.4, -0.2) is 65.5 Å². The van der Waals surface area contributed by atoms with Crippen LogP contribution >= 0.6 is 23.4 Å². The first-order valence-electron chi connectivity index (χ1n) is 7.40. The minimum atomic E-state index is -0.469. The van der Waals surface area contributed by atoms with Gasteiger partial charge in [0.25, 0.3) is 5.91 Å². The summed E-state index contributed by atoms with van der Waals surface area (Å²) in [4.78, 5) is 28.2. The highest BCUT2D eigenvalue weighted by Crippen LogP contribution is 2.20. The number of benzene rings is 1. The molecule has 2 fully saturated rings. The Hall–Kier alpha value is -1.31. The van der Waals surface area contributed by atoms with Crippen molar-refractivity contribution < 1.29 is 14.0 Å². The van der Waals surface area contributed by atoms with Crippen LogP contribution in [0.25, 0.3) is 0 Å². The van der Waals surface area contributed by atoms with E-state index in [-0.39, 0.29) is 22.9 Å². The van der Waals surface area contributed by atoms with Crippen LogP contribution < -0.4 is 5.32 Å². The van der Waals surface area contributed by atoms with E-state index in [1.807, 2.05) is 0 Å². The molecule has 1 N–H and O–H groups in total. The molecule has 0 spiro atoms. The van der Waals surface area contributed by atoms with E-state index in [2.05, 4.69) is 5.32 Å². The Morgan fingerprint density at radius 2 is 1.91 bits per heavy atom. The summed E-state index contributed by atoms with van der Waals surface area (Å²) in [5.41, 5.74) is 0.293. The van der Waals surface area contributed by atoms with Crippen molar-refractivity contribution in [2.75, 3.05) is 37.8 Å². The molecule has 2 heterocycles. The van der Waals surface area contributed by atoms with Gasteiger partial charge < -0.3 is 9.80 Å². The number of amides is 2. The van der Waals surface area contributed by atoms with Gasteiger partial charge in [-0.25, -0.2) is 4.39 Å². The van der Waals surface area contributed by atoms with Gasteiger partial charge in [0.2, 0.25) is 5.91 Å². The zero-order valence-electron chi connectivity index (χ0n) is 12.4. The number of hydrogen-bond donors (Lipinski definition) is 1. The molecule has 8 heteroatoms. The van der Waals surface area contributed by atoms with Crippen LogP contribution in [0.3, 0.4) is 0 Å². The molecule has 3 rings (SSSR count). The third kappa shape index (κ3) is 3.62. The zero-order chi connectivity index (χ0) is 16.4. The number of halogens is 2. The van der Waals surface area contributed by atoms with Crippen LogP contribution in [0.2, 0.25) is 5.02 Å². The summed E-state index contributed by atoms with van der Waals surface area (Å²) in [6.07, 6.45) is 0. The minimum absolute atomic E-state index is 0.0990. The second-order valence-electron chi connectivity index (χ2n) is 5.51. The molecule has 1 aromatic carbocycles. The second-order valence-corrected chi connectivity index (χ2v) is 6.95. The maximum atomic E-state index is 13.1. The Labute approximate surface area is 143 Å². The molecule has 2 aliphatic rings. The zero-order valence-corrected chi connectivity index (χ0v) is 14.0. The molecule has 0 saturated carbocycles. The van der Waals surface area contributed by atoms with Gasteiger partial charge in [-0.05, 0) is 18.2 Å². The molecule has 5 nitrogen and oxygen atoms in total. The molecule has 2 saturated heterocycles. The fraction of sp³-hybridized carbons (Fsp3) is 0.467. The van der Waals surface area contributed by atoms with E-state index in [0.29, 0.717) is 31.7 Å². The van der Waals surface area contributed by atoms with Gasteiger partial charge in [-0.3, -0.25) is 14.9 Å². The maximum Gasteiger partial charge on any atom is 0.255 e. The summed E-state index contributed by atoms with van der Waals surface area (Å²) in [5.74, 6) is 1.00. The molecule has 1 aromatic rings. The summed E-state index contributed by atoms with van der Waals surface area (Å²) in [6.45, 7) is 1.93. The molecule has 0 aromatic heterocycles. The summed E-state index contributed by atoms with van der Waals surface area (Å²) >= 11 is 7.66.